The lowest BCUT2D eigenvalue weighted by atomic mass is 10.1. The van der Waals surface area contributed by atoms with Crippen molar-refractivity contribution >= 4 is 16.7 Å². The van der Waals surface area contributed by atoms with Gasteiger partial charge in [-0.2, -0.15) is 0 Å². The van der Waals surface area contributed by atoms with Crippen LogP contribution >= 0.6 is 0 Å². The third-order valence-corrected chi connectivity index (χ3v) is 4.96. The molecule has 1 saturated heterocycles. The highest BCUT2D eigenvalue weighted by Crippen LogP contribution is 2.29. The van der Waals surface area contributed by atoms with Crippen molar-refractivity contribution in [3.8, 4) is 5.75 Å². The summed E-state index contributed by atoms with van der Waals surface area (Å²) in [4.78, 5) is 6.11. The van der Waals surface area contributed by atoms with Crippen LogP contribution in [0.15, 0.2) is 54.0 Å². The molecule has 0 saturated carbocycles. The predicted octanol–water partition coefficient (Wildman–Crippen LogP) is 1.33. The summed E-state index contributed by atoms with van der Waals surface area (Å²) in [6.07, 6.45) is 2.05. The molecule has 0 radical (unpaired) electrons. The van der Waals surface area contributed by atoms with Gasteiger partial charge in [0.05, 0.1) is 17.2 Å². The van der Waals surface area contributed by atoms with Crippen molar-refractivity contribution in [1.29, 1.82) is 5.41 Å². The Labute approximate surface area is 162 Å². The number of hydrogen-bond acceptors (Lipinski definition) is 7. The largest absolute Gasteiger partial charge is 0.491 e. The van der Waals surface area contributed by atoms with Crippen LogP contribution in [-0.2, 0) is 4.74 Å². The Hall–Kier alpha value is -3.10. The van der Waals surface area contributed by atoms with E-state index in [-0.39, 0.29) is 18.3 Å². The number of aliphatic hydroxyl groups is 1. The third-order valence-electron chi connectivity index (χ3n) is 4.96. The highest BCUT2D eigenvalue weighted by molar-refractivity contribution is 6.02. The highest BCUT2D eigenvalue weighted by Gasteiger charge is 2.39. The number of hydrogen-bond donors (Lipinski definition) is 4. The monoisotopic (exact) mass is 381 g/mol. The number of amidine groups is 1. The average Bonchev–Trinajstić information content (AvgIpc) is 3.22. The Morgan fingerprint density at radius 1 is 1.36 bits per heavy atom. The average molecular weight is 381 g/mol. The van der Waals surface area contributed by atoms with Crippen molar-refractivity contribution < 1.29 is 14.6 Å². The van der Waals surface area contributed by atoms with E-state index in [1.807, 2.05) is 37.3 Å². The summed E-state index contributed by atoms with van der Waals surface area (Å²) < 4.78 is 11.8. The first-order valence-corrected chi connectivity index (χ1v) is 9.07. The van der Waals surface area contributed by atoms with Gasteiger partial charge in [0, 0.05) is 29.8 Å². The highest BCUT2D eigenvalue weighted by atomic mass is 16.6. The number of rotatable bonds is 4. The van der Waals surface area contributed by atoms with E-state index in [0.29, 0.717) is 17.7 Å². The van der Waals surface area contributed by atoms with Crippen molar-refractivity contribution in [2.45, 2.75) is 31.8 Å². The molecule has 0 spiro atoms. The summed E-state index contributed by atoms with van der Waals surface area (Å²) in [7, 11) is 0. The summed E-state index contributed by atoms with van der Waals surface area (Å²) in [5, 5.41) is 19.6. The van der Waals surface area contributed by atoms with Crippen molar-refractivity contribution in [3.63, 3.8) is 0 Å². The zero-order valence-corrected chi connectivity index (χ0v) is 15.5. The molecule has 1 fully saturated rings. The van der Waals surface area contributed by atoms with Crippen LogP contribution in [0.4, 0.5) is 0 Å². The van der Waals surface area contributed by atoms with Gasteiger partial charge in [0.25, 0.3) is 0 Å². The Morgan fingerprint density at radius 3 is 2.89 bits per heavy atom. The second kappa shape index (κ2) is 7.14. The molecule has 6 N–H and O–H groups in total. The Bertz CT molecular complexity index is 983. The van der Waals surface area contributed by atoms with Gasteiger partial charge in [0.2, 0.25) is 0 Å². The van der Waals surface area contributed by atoms with E-state index in [1.165, 1.54) is 0 Å². The molecule has 8 nitrogen and oxygen atoms in total. The van der Waals surface area contributed by atoms with Gasteiger partial charge < -0.3 is 30.9 Å². The first-order valence-electron chi connectivity index (χ1n) is 9.07. The van der Waals surface area contributed by atoms with Gasteiger partial charge in [-0.15, -0.1) is 0 Å². The smallest absolute Gasteiger partial charge is 0.138 e. The maximum atomic E-state index is 10.4. The van der Waals surface area contributed by atoms with Gasteiger partial charge in [0.15, 0.2) is 0 Å². The summed E-state index contributed by atoms with van der Waals surface area (Å²) in [5.74, 6) is 0.914. The molecular formula is C20H23N5O3. The zero-order chi connectivity index (χ0) is 19.8. The second-order valence-electron chi connectivity index (χ2n) is 6.99. The van der Waals surface area contributed by atoms with Crippen LogP contribution in [0.2, 0.25) is 0 Å². The van der Waals surface area contributed by atoms with Crippen LogP contribution in [-0.4, -0.2) is 45.9 Å². The molecule has 0 aliphatic carbocycles. The third kappa shape index (κ3) is 3.39. The minimum atomic E-state index is -0.699. The van der Waals surface area contributed by atoms with Crippen LogP contribution in [0.1, 0.15) is 12.1 Å². The molecule has 2 aliphatic rings. The Morgan fingerprint density at radius 2 is 2.14 bits per heavy atom. The number of aliphatic hydroxyl groups excluding tert-OH is 1. The molecule has 0 amide bonds. The van der Waals surface area contributed by atoms with Crippen LogP contribution in [0, 0.1) is 12.3 Å². The van der Waals surface area contributed by atoms with Gasteiger partial charge in [-0.1, -0.05) is 6.07 Å². The zero-order valence-electron chi connectivity index (χ0n) is 15.5. The van der Waals surface area contributed by atoms with E-state index in [0.717, 1.165) is 16.6 Å². The molecule has 1 aromatic heterocycles. The van der Waals surface area contributed by atoms with Crippen molar-refractivity contribution in [2.24, 2.45) is 11.5 Å². The fourth-order valence-corrected chi connectivity index (χ4v) is 3.42. The summed E-state index contributed by atoms with van der Waals surface area (Å²) >= 11 is 0. The second-order valence-corrected chi connectivity index (χ2v) is 6.99. The number of aryl methyl sites for hydroxylation is 1. The number of fused-ring (bicyclic) bond motifs is 1. The van der Waals surface area contributed by atoms with Crippen LogP contribution in [0.3, 0.4) is 0 Å². The number of benzene rings is 1. The maximum Gasteiger partial charge on any atom is 0.138 e. The maximum absolute atomic E-state index is 10.4. The topological polar surface area (TPSA) is 131 Å². The number of ether oxygens (including phenoxy) is 2. The molecule has 3 atom stereocenters. The molecule has 2 aliphatic heterocycles. The molecule has 3 heterocycles. The minimum absolute atomic E-state index is 0.0855. The molecular weight excluding hydrogens is 358 g/mol. The Kier molecular flexibility index (Phi) is 4.66. The van der Waals surface area contributed by atoms with Gasteiger partial charge in [-0.05, 0) is 31.2 Å². The van der Waals surface area contributed by atoms with Gasteiger partial charge in [0.1, 0.15) is 36.3 Å². The van der Waals surface area contributed by atoms with Crippen LogP contribution < -0.4 is 16.2 Å². The molecule has 0 unspecified atom stereocenters. The lowest BCUT2D eigenvalue weighted by Crippen LogP contribution is -2.35. The van der Waals surface area contributed by atoms with E-state index in [4.69, 9.17) is 26.4 Å². The fourth-order valence-electron chi connectivity index (χ4n) is 3.42. The van der Waals surface area contributed by atoms with Crippen molar-refractivity contribution in [2.75, 3.05) is 6.61 Å². The van der Waals surface area contributed by atoms with E-state index in [1.54, 1.807) is 17.2 Å². The van der Waals surface area contributed by atoms with Crippen molar-refractivity contribution in [1.82, 2.24) is 9.88 Å². The van der Waals surface area contributed by atoms with E-state index >= 15 is 0 Å². The molecule has 8 heteroatoms. The SMILES string of the molecule is Cc1ccc2ccc(OC[C@H]3O[C@@H](N4C=CC(=C(N)N)C4=N)C[C@@H]3O)cc2n1. The summed E-state index contributed by atoms with van der Waals surface area (Å²) in [6.45, 7) is 2.14. The summed E-state index contributed by atoms with van der Waals surface area (Å²) in [6, 6.07) is 9.69. The van der Waals surface area contributed by atoms with Gasteiger partial charge >= 0.3 is 0 Å². The lowest BCUT2D eigenvalue weighted by molar-refractivity contribution is -0.0432. The molecule has 4 rings (SSSR count). The molecule has 146 valence electrons. The molecule has 0 bridgehead atoms. The first-order chi connectivity index (χ1) is 13.4. The number of pyridine rings is 1. The van der Waals surface area contributed by atoms with Crippen LogP contribution in [0.25, 0.3) is 10.9 Å². The molecule has 2 aromatic rings. The van der Waals surface area contributed by atoms with Gasteiger partial charge in [-0.3, -0.25) is 10.4 Å². The van der Waals surface area contributed by atoms with Crippen LogP contribution in [0.5, 0.6) is 5.75 Å². The number of aromatic nitrogens is 1. The Balaban J connectivity index is 1.40. The molecule has 28 heavy (non-hydrogen) atoms. The van der Waals surface area contributed by atoms with Crippen molar-refractivity contribution in [3.05, 3.63) is 59.7 Å². The first kappa shape index (κ1) is 18.3. The number of nitrogens with two attached hydrogens (primary N) is 2. The quantitative estimate of drug-likeness (QED) is 0.628. The standard InChI is InChI=1S/C20H23N5O3/c1-11-2-3-12-4-5-13(8-15(12)24-11)27-10-17-16(26)9-18(28-17)25-7-6-14(19(21)22)20(25)23/h2-8,16-18,23,26H,9-10,21-22H2,1H3/t16-,17+,18+/m0/s1. The van der Waals surface area contributed by atoms with E-state index in [2.05, 4.69) is 4.98 Å². The van der Waals surface area contributed by atoms with E-state index < -0.39 is 18.4 Å². The lowest BCUT2D eigenvalue weighted by Gasteiger charge is -2.24. The number of nitrogens with zero attached hydrogens (tertiary/aromatic N) is 2. The summed E-state index contributed by atoms with van der Waals surface area (Å²) in [5.41, 5.74) is 13.4. The normalized spacial score (nSPS) is 24.4. The number of nitrogens with one attached hydrogen (secondary N) is 1. The molecule has 1 aromatic carbocycles. The predicted molar refractivity (Wildman–Crippen MR) is 105 cm³/mol. The fraction of sp³-hybridized carbons (Fsp3) is 0.300. The van der Waals surface area contributed by atoms with E-state index in [9.17, 15) is 5.11 Å². The van der Waals surface area contributed by atoms with Gasteiger partial charge in [-0.25, -0.2) is 0 Å². The minimum Gasteiger partial charge on any atom is -0.491 e.